The van der Waals surface area contributed by atoms with Gasteiger partial charge in [0.25, 0.3) is 0 Å². The zero-order valence-corrected chi connectivity index (χ0v) is 16.6. The molecule has 3 rings (SSSR count). The number of rotatable bonds is 5. The van der Waals surface area contributed by atoms with E-state index >= 15 is 0 Å². The molecule has 12 heteroatoms. The first-order valence-corrected chi connectivity index (χ1v) is 9.35. The van der Waals surface area contributed by atoms with Crippen LogP contribution in [0.2, 0.25) is 0 Å². The van der Waals surface area contributed by atoms with Crippen molar-refractivity contribution in [2.45, 2.75) is 30.8 Å². The Balaban J connectivity index is 1.86. The fraction of sp³-hybridized carbons (Fsp3) is 0.333. The van der Waals surface area contributed by atoms with E-state index in [1.807, 2.05) is 6.07 Å². The van der Waals surface area contributed by atoms with Crippen LogP contribution >= 0.6 is 0 Å². The highest BCUT2D eigenvalue weighted by Gasteiger charge is 2.51. The van der Waals surface area contributed by atoms with Crippen LogP contribution in [0.4, 0.5) is 32.0 Å². The standard InChI is InChI=1S/C21H15F6N3O3/c22-20(23,24)17-7-14(4-3-13(17)9-29)30-10-16(33-19(30)18(31)21(25,26)27)11-32-15-5-1-12(8-28)2-6-15/h1-7,16,18-19,31H,10-11H2/t16-,18-,19+/m0/s1. The first kappa shape index (κ1) is 24.2. The molecular formula is C21H15F6N3O3. The molecule has 33 heavy (non-hydrogen) atoms. The van der Waals surface area contributed by atoms with E-state index in [4.69, 9.17) is 20.0 Å². The van der Waals surface area contributed by atoms with Crippen LogP contribution in [0.1, 0.15) is 16.7 Å². The van der Waals surface area contributed by atoms with Crippen LogP contribution in [0.3, 0.4) is 0 Å². The maximum absolute atomic E-state index is 13.3. The van der Waals surface area contributed by atoms with Gasteiger partial charge in [-0.3, -0.25) is 0 Å². The van der Waals surface area contributed by atoms with Crippen molar-refractivity contribution in [2.75, 3.05) is 18.1 Å². The molecule has 0 spiro atoms. The van der Waals surface area contributed by atoms with Gasteiger partial charge in [-0.1, -0.05) is 0 Å². The maximum atomic E-state index is 13.3. The molecule has 1 saturated heterocycles. The topological polar surface area (TPSA) is 89.5 Å². The van der Waals surface area contributed by atoms with Crippen molar-refractivity contribution in [2.24, 2.45) is 0 Å². The minimum Gasteiger partial charge on any atom is -0.491 e. The molecule has 2 aromatic carbocycles. The number of alkyl halides is 6. The van der Waals surface area contributed by atoms with Crippen LogP contribution in [-0.2, 0) is 10.9 Å². The predicted octanol–water partition coefficient (Wildman–Crippen LogP) is 3.98. The van der Waals surface area contributed by atoms with Gasteiger partial charge in [-0.15, -0.1) is 0 Å². The van der Waals surface area contributed by atoms with Gasteiger partial charge in [-0.2, -0.15) is 36.9 Å². The molecule has 3 atom stereocenters. The Labute approximate surface area is 183 Å². The molecule has 1 fully saturated rings. The molecule has 6 nitrogen and oxygen atoms in total. The number of nitriles is 2. The van der Waals surface area contributed by atoms with Gasteiger partial charge in [-0.25, -0.2) is 0 Å². The zero-order chi connectivity index (χ0) is 24.4. The Morgan fingerprint density at radius 2 is 1.73 bits per heavy atom. The van der Waals surface area contributed by atoms with Gasteiger partial charge in [0.05, 0.1) is 35.4 Å². The minimum absolute atomic E-state index is 0.272. The van der Waals surface area contributed by atoms with E-state index in [1.54, 1.807) is 0 Å². The van der Waals surface area contributed by atoms with Crippen molar-refractivity contribution in [3.05, 3.63) is 59.2 Å². The predicted molar refractivity (Wildman–Crippen MR) is 101 cm³/mol. The van der Waals surface area contributed by atoms with E-state index in [0.717, 1.165) is 17.0 Å². The summed E-state index contributed by atoms with van der Waals surface area (Å²) in [4.78, 5) is 0.849. The highest BCUT2D eigenvalue weighted by atomic mass is 19.4. The molecule has 1 heterocycles. The van der Waals surface area contributed by atoms with Gasteiger partial charge in [-0.05, 0) is 42.5 Å². The smallest absolute Gasteiger partial charge is 0.418 e. The van der Waals surface area contributed by atoms with Crippen LogP contribution in [0.25, 0.3) is 0 Å². The van der Waals surface area contributed by atoms with E-state index in [-0.39, 0.29) is 18.8 Å². The molecule has 0 saturated carbocycles. The zero-order valence-electron chi connectivity index (χ0n) is 16.6. The van der Waals surface area contributed by atoms with Crippen molar-refractivity contribution in [1.29, 1.82) is 10.5 Å². The summed E-state index contributed by atoms with van der Waals surface area (Å²) in [5.41, 5.74) is -1.96. The summed E-state index contributed by atoms with van der Waals surface area (Å²) in [7, 11) is 0. The third-order valence-corrected chi connectivity index (χ3v) is 4.82. The number of benzene rings is 2. The van der Waals surface area contributed by atoms with Crippen molar-refractivity contribution < 1.29 is 40.9 Å². The van der Waals surface area contributed by atoms with Crippen LogP contribution in [-0.4, -0.2) is 42.9 Å². The van der Waals surface area contributed by atoms with Crippen LogP contribution in [0.15, 0.2) is 42.5 Å². The number of ether oxygens (including phenoxy) is 2. The van der Waals surface area contributed by atoms with Gasteiger partial charge in [0.1, 0.15) is 18.5 Å². The van der Waals surface area contributed by atoms with E-state index in [9.17, 15) is 31.4 Å². The number of aliphatic hydroxyl groups is 1. The Morgan fingerprint density at radius 1 is 1.06 bits per heavy atom. The van der Waals surface area contributed by atoms with Crippen molar-refractivity contribution >= 4 is 5.69 Å². The Bertz CT molecular complexity index is 1070. The third kappa shape index (κ3) is 5.48. The van der Waals surface area contributed by atoms with E-state index in [0.29, 0.717) is 17.4 Å². The second-order valence-electron chi connectivity index (χ2n) is 7.07. The molecule has 0 unspecified atom stereocenters. The summed E-state index contributed by atoms with van der Waals surface area (Å²) in [5.74, 6) is 0.293. The second-order valence-corrected chi connectivity index (χ2v) is 7.07. The lowest BCUT2D eigenvalue weighted by atomic mass is 10.1. The third-order valence-electron chi connectivity index (χ3n) is 4.82. The van der Waals surface area contributed by atoms with Crippen molar-refractivity contribution in [3.8, 4) is 17.9 Å². The lowest BCUT2D eigenvalue weighted by molar-refractivity contribution is -0.234. The molecule has 0 aliphatic carbocycles. The molecule has 0 aromatic heterocycles. The van der Waals surface area contributed by atoms with Crippen molar-refractivity contribution in [1.82, 2.24) is 0 Å². The maximum Gasteiger partial charge on any atom is 0.418 e. The van der Waals surface area contributed by atoms with Gasteiger partial charge < -0.3 is 19.5 Å². The molecule has 0 bridgehead atoms. The average Bonchev–Trinajstić information content (AvgIpc) is 3.19. The van der Waals surface area contributed by atoms with E-state index < -0.39 is 41.9 Å². The average molecular weight is 471 g/mol. The molecular weight excluding hydrogens is 456 g/mol. The highest BCUT2D eigenvalue weighted by Crippen LogP contribution is 2.38. The summed E-state index contributed by atoms with van der Waals surface area (Å²) in [6.45, 7) is -0.594. The molecule has 0 radical (unpaired) electrons. The Kier molecular flexibility index (Phi) is 6.72. The number of anilines is 1. The largest absolute Gasteiger partial charge is 0.491 e. The number of halogens is 6. The first-order chi connectivity index (χ1) is 15.4. The fourth-order valence-electron chi connectivity index (χ4n) is 3.25. The summed E-state index contributed by atoms with van der Waals surface area (Å²) in [6.07, 6.45) is -16.1. The van der Waals surface area contributed by atoms with E-state index in [1.165, 1.54) is 30.3 Å². The van der Waals surface area contributed by atoms with Gasteiger partial charge >= 0.3 is 12.4 Å². The molecule has 174 valence electrons. The molecule has 2 aromatic rings. The summed E-state index contributed by atoms with van der Waals surface area (Å²) >= 11 is 0. The molecule has 1 aliphatic heterocycles. The van der Waals surface area contributed by atoms with Gasteiger partial charge in [0, 0.05) is 5.69 Å². The van der Waals surface area contributed by atoms with Gasteiger partial charge in [0.2, 0.25) is 0 Å². The molecule has 1 aliphatic rings. The van der Waals surface area contributed by atoms with Crippen LogP contribution in [0.5, 0.6) is 5.75 Å². The summed E-state index contributed by atoms with van der Waals surface area (Å²) in [6, 6.07) is 11.6. The molecule has 0 amide bonds. The highest BCUT2D eigenvalue weighted by molar-refractivity contribution is 5.56. The van der Waals surface area contributed by atoms with Gasteiger partial charge in [0.15, 0.2) is 12.3 Å². The number of hydrogen-bond acceptors (Lipinski definition) is 6. The number of aliphatic hydroxyl groups excluding tert-OH is 1. The molecule has 1 N–H and O–H groups in total. The van der Waals surface area contributed by atoms with Crippen LogP contribution < -0.4 is 9.64 Å². The number of hydrogen-bond donors (Lipinski definition) is 1. The quantitative estimate of drug-likeness (QED) is 0.664. The van der Waals surface area contributed by atoms with Crippen LogP contribution in [0, 0.1) is 22.7 Å². The second kappa shape index (κ2) is 9.17. The minimum atomic E-state index is -5.11. The Morgan fingerprint density at radius 3 is 2.27 bits per heavy atom. The monoisotopic (exact) mass is 471 g/mol. The number of nitrogens with zero attached hydrogens (tertiary/aromatic N) is 3. The first-order valence-electron chi connectivity index (χ1n) is 9.35. The normalized spacial score (nSPS) is 19.6. The van der Waals surface area contributed by atoms with E-state index in [2.05, 4.69) is 0 Å². The Hall–Kier alpha value is -3.48. The summed E-state index contributed by atoms with van der Waals surface area (Å²) < 4.78 is 90.3. The fourth-order valence-corrected chi connectivity index (χ4v) is 3.25. The lowest BCUT2D eigenvalue weighted by Crippen LogP contribution is -2.48. The SMILES string of the molecule is N#Cc1ccc(OC[C@@H]2CN(c3ccc(C#N)c(C(F)(F)F)c3)[C@@H]([C@H](O)C(F)(F)F)O2)cc1. The summed E-state index contributed by atoms with van der Waals surface area (Å²) in [5, 5.41) is 27.5. The van der Waals surface area contributed by atoms with Crippen molar-refractivity contribution in [3.63, 3.8) is 0 Å². The lowest BCUT2D eigenvalue weighted by Gasteiger charge is -2.30.